The summed E-state index contributed by atoms with van der Waals surface area (Å²) in [5.74, 6) is 1.06. The minimum Gasteiger partial charge on any atom is -0.480 e. The number of carboxylic acid groups (broad SMARTS) is 1. The maximum Gasteiger partial charge on any atom is 0.326 e. The van der Waals surface area contributed by atoms with Gasteiger partial charge in [0, 0.05) is 6.42 Å². The highest BCUT2D eigenvalue weighted by atomic mass is 32.2. The lowest BCUT2D eigenvalue weighted by Crippen LogP contribution is -2.64. The number of aliphatic carboxylic acids is 1. The summed E-state index contributed by atoms with van der Waals surface area (Å²) in [6.07, 6.45) is 8.05. The molecule has 0 aromatic heterocycles. The Labute approximate surface area is 226 Å². The highest BCUT2D eigenvalue weighted by Gasteiger charge is 2.65. The second-order valence-corrected chi connectivity index (χ2v) is 14.3. The van der Waals surface area contributed by atoms with Crippen LogP contribution in [0.5, 0.6) is 0 Å². The van der Waals surface area contributed by atoms with Gasteiger partial charge in [0.05, 0.1) is 18.3 Å². The van der Waals surface area contributed by atoms with E-state index in [1.165, 1.54) is 0 Å². The van der Waals surface area contributed by atoms with E-state index in [1.54, 1.807) is 11.8 Å². The van der Waals surface area contributed by atoms with Gasteiger partial charge in [-0.25, -0.2) is 4.79 Å². The van der Waals surface area contributed by atoms with E-state index < -0.39 is 24.2 Å². The first-order valence-corrected chi connectivity index (χ1v) is 15.9. The molecule has 0 aromatic rings. The number of hydrogen-bond acceptors (Lipinski definition) is 6. The molecule has 1 amide bonds. The summed E-state index contributed by atoms with van der Waals surface area (Å²) in [5, 5.41) is 45.1. The Morgan fingerprint density at radius 2 is 1.62 bits per heavy atom. The lowest BCUT2D eigenvalue weighted by molar-refractivity contribution is -0.223. The van der Waals surface area contributed by atoms with Crippen LogP contribution in [0.25, 0.3) is 0 Å². The number of rotatable bonds is 9. The second kappa shape index (κ2) is 11.3. The Hall–Kier alpha value is -0.830. The van der Waals surface area contributed by atoms with Gasteiger partial charge in [-0.15, -0.1) is 0 Å². The fourth-order valence-corrected chi connectivity index (χ4v) is 10.0. The van der Waals surface area contributed by atoms with Crippen LogP contribution in [0.3, 0.4) is 0 Å². The minimum absolute atomic E-state index is 0.0391. The van der Waals surface area contributed by atoms with Gasteiger partial charge >= 0.3 is 5.97 Å². The fraction of sp³-hybridized carbons (Fsp3) is 0.931. The molecule has 8 heteroatoms. The molecule has 0 aliphatic heterocycles. The molecule has 37 heavy (non-hydrogen) atoms. The number of aliphatic hydroxyl groups is 3. The molecular formula is C29H49NO6S. The van der Waals surface area contributed by atoms with Crippen LogP contribution in [0.4, 0.5) is 0 Å². The minimum atomic E-state index is -0.977. The molecule has 0 spiro atoms. The van der Waals surface area contributed by atoms with E-state index in [1.807, 2.05) is 6.26 Å². The van der Waals surface area contributed by atoms with E-state index >= 15 is 0 Å². The van der Waals surface area contributed by atoms with Crippen LogP contribution in [-0.2, 0) is 9.59 Å². The zero-order chi connectivity index (χ0) is 27.1. The van der Waals surface area contributed by atoms with Crippen molar-refractivity contribution in [3.05, 3.63) is 0 Å². The fourth-order valence-electron chi connectivity index (χ4n) is 9.53. The van der Waals surface area contributed by atoms with Gasteiger partial charge in [-0.1, -0.05) is 20.8 Å². The molecule has 5 N–H and O–H groups in total. The summed E-state index contributed by atoms with van der Waals surface area (Å²) in [7, 11) is 0. The SMILES string of the molecule is CSCC[C@H](NC(=O)CC[C@@H](C)[C@H]1CC[C@H]2[C@@H]3[C@@H](O)[C@@H](O)[C@@H]4C[C@H](O)CC[C@]4(C)[C@H]3CC[C@]12C)C(=O)O. The van der Waals surface area contributed by atoms with E-state index in [2.05, 4.69) is 26.1 Å². The molecule has 7 nitrogen and oxygen atoms in total. The summed E-state index contributed by atoms with van der Waals surface area (Å²) >= 11 is 1.57. The lowest BCUT2D eigenvalue weighted by Gasteiger charge is -2.63. The van der Waals surface area contributed by atoms with Crippen LogP contribution in [0.15, 0.2) is 0 Å². The van der Waals surface area contributed by atoms with E-state index in [0.717, 1.165) is 44.9 Å². The van der Waals surface area contributed by atoms with Crippen molar-refractivity contribution in [2.24, 2.45) is 46.3 Å². The van der Waals surface area contributed by atoms with Gasteiger partial charge in [0.15, 0.2) is 0 Å². The van der Waals surface area contributed by atoms with Gasteiger partial charge < -0.3 is 25.7 Å². The molecule has 4 aliphatic carbocycles. The van der Waals surface area contributed by atoms with Gasteiger partial charge in [-0.05, 0) is 116 Å². The van der Waals surface area contributed by atoms with Crippen molar-refractivity contribution in [3.63, 3.8) is 0 Å². The maximum absolute atomic E-state index is 12.6. The highest BCUT2D eigenvalue weighted by Crippen LogP contribution is 2.68. The average molecular weight is 540 g/mol. The van der Waals surface area contributed by atoms with Crippen LogP contribution in [0.2, 0.25) is 0 Å². The van der Waals surface area contributed by atoms with Gasteiger partial charge in [0.25, 0.3) is 0 Å². The Bertz CT molecular complexity index is 841. The number of hydrogen-bond donors (Lipinski definition) is 5. The first-order chi connectivity index (χ1) is 17.4. The number of fused-ring (bicyclic) bond motifs is 5. The smallest absolute Gasteiger partial charge is 0.326 e. The molecule has 4 aliphatic rings. The summed E-state index contributed by atoms with van der Waals surface area (Å²) in [4.78, 5) is 24.1. The third kappa shape index (κ3) is 5.33. The Morgan fingerprint density at radius 3 is 2.30 bits per heavy atom. The zero-order valence-corrected chi connectivity index (χ0v) is 23.9. The lowest BCUT2D eigenvalue weighted by atomic mass is 9.43. The maximum atomic E-state index is 12.6. The summed E-state index contributed by atoms with van der Waals surface area (Å²) < 4.78 is 0. The largest absolute Gasteiger partial charge is 0.480 e. The second-order valence-electron chi connectivity index (χ2n) is 13.3. The van der Waals surface area contributed by atoms with Gasteiger partial charge in [-0.2, -0.15) is 11.8 Å². The van der Waals surface area contributed by atoms with Crippen LogP contribution in [-0.4, -0.2) is 68.7 Å². The number of nitrogens with one attached hydrogen (secondary N) is 1. The zero-order valence-electron chi connectivity index (χ0n) is 23.1. The molecule has 12 atom stereocenters. The predicted octanol–water partition coefficient (Wildman–Crippen LogP) is 3.69. The molecule has 0 unspecified atom stereocenters. The number of aliphatic hydroxyl groups excluding tert-OH is 3. The van der Waals surface area contributed by atoms with Crippen molar-refractivity contribution >= 4 is 23.6 Å². The van der Waals surface area contributed by atoms with Crippen molar-refractivity contribution in [3.8, 4) is 0 Å². The molecule has 0 heterocycles. The van der Waals surface area contributed by atoms with Gasteiger partial charge in [-0.3, -0.25) is 4.79 Å². The van der Waals surface area contributed by atoms with Crippen LogP contribution in [0, 0.1) is 46.3 Å². The number of amides is 1. The van der Waals surface area contributed by atoms with E-state index in [-0.39, 0.29) is 34.7 Å². The molecule has 4 rings (SSSR count). The number of thioether (sulfide) groups is 1. The van der Waals surface area contributed by atoms with Gasteiger partial charge in [0.1, 0.15) is 6.04 Å². The first-order valence-electron chi connectivity index (χ1n) is 14.5. The number of carbonyl (C=O) groups excluding carboxylic acids is 1. The van der Waals surface area contributed by atoms with Crippen LogP contribution in [0.1, 0.15) is 85.0 Å². The monoisotopic (exact) mass is 539 g/mol. The molecule has 4 saturated carbocycles. The Balaban J connectivity index is 1.42. The van der Waals surface area contributed by atoms with Crippen LogP contribution < -0.4 is 5.32 Å². The van der Waals surface area contributed by atoms with E-state index in [0.29, 0.717) is 48.7 Å². The summed E-state index contributed by atoms with van der Waals surface area (Å²) in [5.41, 5.74) is 0.0275. The number of carbonyl (C=O) groups is 2. The standard InChI is InChI=1S/C29H49NO6S/c1-16(5-8-23(32)30-22(27(35)36)11-14-37-4)18-6-7-19-24-20(10-13-28(18,19)2)29(3)12-9-17(31)15-21(29)25(33)26(24)34/h16-22,24-26,31,33-34H,5-15H2,1-4H3,(H,30,32)(H,35,36)/t16-,17-,18-,19+,20+,21+,22+,24+,25+,26-,28-,29-/m1/s1. The van der Waals surface area contributed by atoms with Crippen molar-refractivity contribution in [1.29, 1.82) is 0 Å². The topological polar surface area (TPSA) is 127 Å². The van der Waals surface area contributed by atoms with E-state index in [9.17, 15) is 30.0 Å². The molecule has 0 bridgehead atoms. The van der Waals surface area contributed by atoms with E-state index in [4.69, 9.17) is 0 Å². The highest BCUT2D eigenvalue weighted by molar-refractivity contribution is 7.98. The molecular weight excluding hydrogens is 490 g/mol. The molecule has 0 saturated heterocycles. The van der Waals surface area contributed by atoms with Crippen molar-refractivity contribution in [2.45, 2.75) is 109 Å². The number of carboxylic acids is 1. The predicted molar refractivity (Wildman–Crippen MR) is 145 cm³/mol. The quantitative estimate of drug-likeness (QED) is 0.302. The Morgan fingerprint density at radius 1 is 0.946 bits per heavy atom. The normalized spacial score (nSPS) is 44.7. The molecule has 4 fully saturated rings. The van der Waals surface area contributed by atoms with Crippen molar-refractivity contribution in [1.82, 2.24) is 5.32 Å². The Kier molecular flexibility index (Phi) is 8.94. The first kappa shape index (κ1) is 29.2. The average Bonchev–Trinajstić information content (AvgIpc) is 3.21. The summed E-state index contributed by atoms with van der Waals surface area (Å²) in [6, 6.07) is -0.829. The van der Waals surface area contributed by atoms with Gasteiger partial charge in [0.2, 0.25) is 5.91 Å². The molecule has 212 valence electrons. The molecule has 0 aromatic carbocycles. The summed E-state index contributed by atoms with van der Waals surface area (Å²) in [6.45, 7) is 6.91. The van der Waals surface area contributed by atoms with Crippen molar-refractivity contribution in [2.75, 3.05) is 12.0 Å². The van der Waals surface area contributed by atoms with Crippen LogP contribution >= 0.6 is 11.8 Å². The van der Waals surface area contributed by atoms with Crippen molar-refractivity contribution < 1.29 is 30.0 Å². The third-order valence-corrected chi connectivity index (χ3v) is 12.2. The molecule has 0 radical (unpaired) electrons. The third-order valence-electron chi connectivity index (χ3n) is 11.6.